The minimum Gasteiger partial charge on any atom is -0.367 e. The summed E-state index contributed by atoms with van der Waals surface area (Å²) in [5.41, 5.74) is 7.22. The average Bonchev–Trinajstić information content (AvgIpc) is 3.31. The molecule has 0 atom stereocenters. The number of rotatable bonds is 5. The predicted octanol–water partition coefficient (Wildman–Crippen LogP) is 7.09. The van der Waals surface area contributed by atoms with Gasteiger partial charge in [-0.3, -0.25) is 4.79 Å². The monoisotopic (exact) mass is 517 g/mol. The Bertz CT molecular complexity index is 1390. The van der Waals surface area contributed by atoms with E-state index >= 15 is 0 Å². The maximum absolute atomic E-state index is 13.6. The molecule has 5 rings (SSSR count). The van der Waals surface area contributed by atoms with Crippen molar-refractivity contribution in [1.82, 2.24) is 9.47 Å². The normalized spacial score (nSPS) is 13.8. The number of aromatic nitrogens is 1. The third-order valence-electron chi connectivity index (χ3n) is 6.83. The van der Waals surface area contributed by atoms with Crippen LogP contribution in [0, 0.1) is 13.8 Å². The largest absolute Gasteiger partial charge is 0.367 e. The number of para-hydroxylation sites is 1. The second-order valence-corrected chi connectivity index (χ2v) is 10.2. The summed E-state index contributed by atoms with van der Waals surface area (Å²) >= 11 is 12.7. The van der Waals surface area contributed by atoms with Crippen LogP contribution in [0.15, 0.2) is 79.0 Å². The average molecular weight is 518 g/mol. The fraction of sp³-hybridized carbons (Fsp3) is 0.233. The van der Waals surface area contributed by atoms with E-state index in [1.807, 2.05) is 60.5 Å². The molecule has 0 spiro atoms. The molecule has 2 heterocycles. The van der Waals surface area contributed by atoms with E-state index in [0.717, 1.165) is 45.6 Å². The molecular formula is C30H29Cl2N3O. The third kappa shape index (κ3) is 5.16. The molecule has 184 valence electrons. The summed E-state index contributed by atoms with van der Waals surface area (Å²) in [5, 5.41) is 1.48. The number of hydrogen-bond acceptors (Lipinski definition) is 2. The van der Waals surface area contributed by atoms with Gasteiger partial charge in [-0.15, -0.1) is 0 Å². The van der Waals surface area contributed by atoms with Gasteiger partial charge >= 0.3 is 0 Å². The first-order chi connectivity index (χ1) is 17.4. The summed E-state index contributed by atoms with van der Waals surface area (Å²) < 4.78 is 2.17. The van der Waals surface area contributed by atoms with Crippen LogP contribution in [-0.2, 0) is 6.54 Å². The van der Waals surface area contributed by atoms with E-state index in [2.05, 4.69) is 46.7 Å². The van der Waals surface area contributed by atoms with Gasteiger partial charge in [-0.25, -0.2) is 0 Å². The van der Waals surface area contributed by atoms with Crippen molar-refractivity contribution in [1.29, 1.82) is 0 Å². The van der Waals surface area contributed by atoms with Gasteiger partial charge in [0.2, 0.25) is 0 Å². The van der Waals surface area contributed by atoms with Gasteiger partial charge in [0.05, 0.1) is 16.3 Å². The highest BCUT2D eigenvalue weighted by atomic mass is 35.5. The van der Waals surface area contributed by atoms with Gasteiger partial charge in [0, 0.05) is 49.6 Å². The lowest BCUT2D eigenvalue weighted by molar-refractivity contribution is 0.0747. The quantitative estimate of drug-likeness (QED) is 0.282. The molecule has 4 nitrogen and oxygen atoms in total. The molecule has 1 amide bonds. The number of hydrogen-bond donors (Lipinski definition) is 0. The van der Waals surface area contributed by atoms with Gasteiger partial charge in [-0.05, 0) is 60.9 Å². The zero-order chi connectivity index (χ0) is 25.2. The van der Waals surface area contributed by atoms with Crippen molar-refractivity contribution in [2.24, 2.45) is 0 Å². The van der Waals surface area contributed by atoms with Gasteiger partial charge in [-0.1, -0.05) is 71.2 Å². The summed E-state index contributed by atoms with van der Waals surface area (Å²) in [6.07, 6.45) is 1.99. The van der Waals surface area contributed by atoms with Crippen LogP contribution in [0.1, 0.15) is 27.0 Å². The Kier molecular flexibility index (Phi) is 7.08. The number of carbonyl (C=O) groups excluding carboxylic acids is 1. The molecule has 0 N–H and O–H groups in total. The van der Waals surface area contributed by atoms with E-state index < -0.39 is 0 Å². The molecule has 1 saturated heterocycles. The molecule has 0 saturated carbocycles. The van der Waals surface area contributed by atoms with Gasteiger partial charge in [0.1, 0.15) is 0 Å². The lowest BCUT2D eigenvalue weighted by Gasteiger charge is -2.36. The Morgan fingerprint density at radius 2 is 1.56 bits per heavy atom. The van der Waals surface area contributed by atoms with E-state index in [4.69, 9.17) is 23.2 Å². The fourth-order valence-corrected chi connectivity index (χ4v) is 5.11. The number of aryl methyl sites for hydroxylation is 2. The summed E-state index contributed by atoms with van der Waals surface area (Å²) in [5.74, 6) is 0.0587. The van der Waals surface area contributed by atoms with Crippen molar-refractivity contribution >= 4 is 34.8 Å². The molecule has 3 aromatic carbocycles. The van der Waals surface area contributed by atoms with Crippen LogP contribution in [0.25, 0.3) is 11.3 Å². The molecule has 6 heteroatoms. The lowest BCUT2D eigenvalue weighted by atomic mass is 10.1. The van der Waals surface area contributed by atoms with Crippen molar-refractivity contribution in [3.63, 3.8) is 0 Å². The zero-order valence-corrected chi connectivity index (χ0v) is 22.1. The summed E-state index contributed by atoms with van der Waals surface area (Å²) in [7, 11) is 0. The predicted molar refractivity (Wildman–Crippen MR) is 149 cm³/mol. The second-order valence-electron chi connectivity index (χ2n) is 9.42. The molecule has 0 radical (unpaired) electrons. The minimum absolute atomic E-state index is 0.0587. The highest BCUT2D eigenvalue weighted by Crippen LogP contribution is 2.29. The van der Waals surface area contributed by atoms with Crippen LogP contribution in [-0.4, -0.2) is 41.6 Å². The van der Waals surface area contributed by atoms with Crippen LogP contribution in [0.4, 0.5) is 5.69 Å². The maximum Gasteiger partial charge on any atom is 0.255 e. The highest BCUT2D eigenvalue weighted by molar-refractivity contribution is 6.33. The van der Waals surface area contributed by atoms with E-state index in [1.165, 1.54) is 11.1 Å². The van der Waals surface area contributed by atoms with Crippen LogP contribution >= 0.6 is 23.2 Å². The number of anilines is 1. The Labute approximate surface area is 222 Å². The lowest BCUT2D eigenvalue weighted by Crippen LogP contribution is -2.48. The summed E-state index contributed by atoms with van der Waals surface area (Å²) in [6.45, 7) is 7.59. The number of benzene rings is 3. The Hall–Kier alpha value is -3.21. The zero-order valence-electron chi connectivity index (χ0n) is 20.5. The van der Waals surface area contributed by atoms with Gasteiger partial charge in [0.25, 0.3) is 5.91 Å². The Morgan fingerprint density at radius 3 is 2.25 bits per heavy atom. The van der Waals surface area contributed by atoms with E-state index in [1.54, 1.807) is 0 Å². The first kappa shape index (κ1) is 24.5. The van der Waals surface area contributed by atoms with Crippen molar-refractivity contribution < 1.29 is 4.79 Å². The maximum atomic E-state index is 13.6. The van der Waals surface area contributed by atoms with Crippen LogP contribution in [0.2, 0.25) is 10.0 Å². The smallest absolute Gasteiger partial charge is 0.255 e. The molecule has 36 heavy (non-hydrogen) atoms. The minimum atomic E-state index is 0.0587. The molecule has 0 bridgehead atoms. The standard InChI is InChI=1S/C30H29Cl2N3O/c1-21-7-9-23(10-8-21)19-35-20-25(18-29(35)24-11-12-26(31)22(2)17-24)30(36)34-15-13-33(14-16-34)28-6-4-3-5-27(28)32/h3-12,17-18,20H,13-16,19H2,1-2H3. The molecule has 0 unspecified atom stereocenters. The van der Waals surface area contributed by atoms with E-state index in [9.17, 15) is 4.79 Å². The van der Waals surface area contributed by atoms with E-state index in [0.29, 0.717) is 25.2 Å². The molecule has 1 fully saturated rings. The van der Waals surface area contributed by atoms with Crippen LogP contribution < -0.4 is 4.90 Å². The van der Waals surface area contributed by atoms with Crippen LogP contribution in [0.3, 0.4) is 0 Å². The van der Waals surface area contributed by atoms with Gasteiger partial charge in [-0.2, -0.15) is 0 Å². The summed E-state index contributed by atoms with van der Waals surface area (Å²) in [6, 6.07) is 24.4. The number of halogens is 2. The molecular weight excluding hydrogens is 489 g/mol. The number of nitrogens with zero attached hydrogens (tertiary/aromatic N) is 3. The Morgan fingerprint density at radius 1 is 0.833 bits per heavy atom. The first-order valence-electron chi connectivity index (χ1n) is 12.2. The summed E-state index contributed by atoms with van der Waals surface area (Å²) in [4.78, 5) is 17.8. The SMILES string of the molecule is Cc1ccc(Cn2cc(C(=O)N3CCN(c4ccccc4Cl)CC3)cc2-c2ccc(Cl)c(C)c2)cc1. The topological polar surface area (TPSA) is 28.5 Å². The van der Waals surface area contributed by atoms with Crippen LogP contribution in [0.5, 0.6) is 0 Å². The molecule has 1 aliphatic heterocycles. The second kappa shape index (κ2) is 10.4. The van der Waals surface area contributed by atoms with Crippen molar-refractivity contribution in [3.05, 3.63) is 111 Å². The number of amides is 1. The molecule has 1 aromatic heterocycles. The Balaban J connectivity index is 1.40. The van der Waals surface area contributed by atoms with Crippen molar-refractivity contribution in [2.45, 2.75) is 20.4 Å². The highest BCUT2D eigenvalue weighted by Gasteiger charge is 2.25. The number of piperazine rings is 1. The van der Waals surface area contributed by atoms with Crippen molar-refractivity contribution in [3.8, 4) is 11.3 Å². The third-order valence-corrected chi connectivity index (χ3v) is 7.57. The van der Waals surface area contributed by atoms with Gasteiger partial charge in [0.15, 0.2) is 0 Å². The first-order valence-corrected chi connectivity index (χ1v) is 13.0. The molecule has 4 aromatic rings. The number of carbonyl (C=O) groups is 1. The van der Waals surface area contributed by atoms with Crippen molar-refractivity contribution in [2.75, 3.05) is 31.1 Å². The fourth-order valence-electron chi connectivity index (χ4n) is 4.74. The molecule has 1 aliphatic rings. The van der Waals surface area contributed by atoms with E-state index in [-0.39, 0.29) is 5.91 Å². The molecule has 0 aliphatic carbocycles. The van der Waals surface area contributed by atoms with Gasteiger partial charge < -0.3 is 14.4 Å².